The summed E-state index contributed by atoms with van der Waals surface area (Å²) in [5, 5.41) is 0. The number of hydrogen-bond acceptors (Lipinski definition) is 2. The number of nitrogens with zero attached hydrogens (tertiary/aromatic N) is 1. The summed E-state index contributed by atoms with van der Waals surface area (Å²) in [6.07, 6.45) is 13.7. The van der Waals surface area contributed by atoms with Gasteiger partial charge in [-0.05, 0) is 39.3 Å². The fourth-order valence-corrected chi connectivity index (χ4v) is 2.47. The lowest BCUT2D eigenvalue weighted by Gasteiger charge is -2.29. The molecule has 0 aliphatic carbocycles. The van der Waals surface area contributed by atoms with Gasteiger partial charge in [-0.1, -0.05) is 38.0 Å². The van der Waals surface area contributed by atoms with Crippen molar-refractivity contribution in [1.82, 2.24) is 0 Å². The fraction of sp³-hybridized carbons (Fsp3) is 0.688. The van der Waals surface area contributed by atoms with Crippen LogP contribution < -0.4 is 0 Å². The third-order valence-corrected chi connectivity index (χ3v) is 3.55. The zero-order chi connectivity index (χ0) is 13.2. The first-order valence-electron chi connectivity index (χ1n) is 7.21. The number of rotatable bonds is 7. The smallest absolute Gasteiger partial charge is 0.0581 e. The van der Waals surface area contributed by atoms with Gasteiger partial charge in [0.15, 0.2) is 0 Å². The SMILES string of the molecule is C=NC(=CC/C=C\C)C1CCOC(CCCC)C1. The Morgan fingerprint density at radius 2 is 2.33 bits per heavy atom. The maximum Gasteiger partial charge on any atom is 0.0581 e. The lowest BCUT2D eigenvalue weighted by Crippen LogP contribution is -2.26. The van der Waals surface area contributed by atoms with E-state index in [2.05, 4.69) is 36.9 Å². The van der Waals surface area contributed by atoms with Gasteiger partial charge in [0.25, 0.3) is 0 Å². The molecule has 0 N–H and O–H groups in total. The Hall–Kier alpha value is -0.890. The molecule has 2 unspecified atom stereocenters. The molecule has 1 aliphatic heterocycles. The maximum absolute atomic E-state index is 5.83. The van der Waals surface area contributed by atoms with Gasteiger partial charge in [0, 0.05) is 18.2 Å². The van der Waals surface area contributed by atoms with Crippen LogP contribution in [0.3, 0.4) is 0 Å². The quantitative estimate of drug-likeness (QED) is 0.480. The molecule has 2 nitrogen and oxygen atoms in total. The van der Waals surface area contributed by atoms with Crippen LogP contribution in [-0.4, -0.2) is 19.4 Å². The van der Waals surface area contributed by atoms with Crippen molar-refractivity contribution in [2.75, 3.05) is 6.61 Å². The largest absolute Gasteiger partial charge is 0.378 e. The normalized spacial score (nSPS) is 25.6. The molecule has 1 heterocycles. The monoisotopic (exact) mass is 249 g/mol. The molecule has 0 aromatic heterocycles. The van der Waals surface area contributed by atoms with Crippen molar-refractivity contribution < 1.29 is 4.74 Å². The standard InChI is InChI=1S/C16H27NO/c1-4-6-8-10-16(17-3)14-11-12-18-15(13-14)9-7-5-2/h4,6,10,14-15H,3,5,7-9,11-13H2,1-2H3/b6-4-,16-10?. The van der Waals surface area contributed by atoms with E-state index < -0.39 is 0 Å². The second-order valence-electron chi connectivity index (χ2n) is 4.95. The van der Waals surface area contributed by atoms with Gasteiger partial charge in [0.1, 0.15) is 0 Å². The zero-order valence-corrected chi connectivity index (χ0v) is 11.9. The molecule has 1 saturated heterocycles. The van der Waals surface area contributed by atoms with Crippen molar-refractivity contribution in [3.05, 3.63) is 23.9 Å². The van der Waals surface area contributed by atoms with Crippen molar-refractivity contribution in [3.63, 3.8) is 0 Å². The summed E-state index contributed by atoms with van der Waals surface area (Å²) >= 11 is 0. The van der Waals surface area contributed by atoms with Gasteiger partial charge in [0.2, 0.25) is 0 Å². The highest BCUT2D eigenvalue weighted by atomic mass is 16.5. The molecule has 0 saturated carbocycles. The molecule has 0 amide bonds. The van der Waals surface area contributed by atoms with E-state index in [0.717, 1.165) is 31.6 Å². The summed E-state index contributed by atoms with van der Waals surface area (Å²) < 4.78 is 5.83. The topological polar surface area (TPSA) is 21.6 Å². The molecule has 1 fully saturated rings. The predicted molar refractivity (Wildman–Crippen MR) is 79.1 cm³/mol. The molecule has 0 radical (unpaired) electrons. The maximum atomic E-state index is 5.83. The van der Waals surface area contributed by atoms with Crippen molar-refractivity contribution >= 4 is 6.72 Å². The molecule has 1 aliphatic rings. The lowest BCUT2D eigenvalue weighted by molar-refractivity contribution is -0.00717. The van der Waals surface area contributed by atoms with Crippen molar-refractivity contribution in [2.45, 2.75) is 58.5 Å². The number of ether oxygens (including phenoxy) is 1. The Morgan fingerprint density at radius 1 is 1.50 bits per heavy atom. The summed E-state index contributed by atoms with van der Waals surface area (Å²) in [6.45, 7) is 8.87. The second kappa shape index (κ2) is 9.09. The molecule has 0 aromatic rings. The summed E-state index contributed by atoms with van der Waals surface area (Å²) in [4.78, 5) is 4.22. The average molecular weight is 249 g/mol. The molecule has 2 heteroatoms. The first-order chi connectivity index (χ1) is 8.81. The molecule has 2 atom stereocenters. The van der Waals surface area contributed by atoms with Crippen molar-refractivity contribution in [3.8, 4) is 0 Å². The summed E-state index contributed by atoms with van der Waals surface area (Å²) in [5.74, 6) is 0.545. The van der Waals surface area contributed by atoms with Crippen molar-refractivity contribution in [1.29, 1.82) is 0 Å². The van der Waals surface area contributed by atoms with Gasteiger partial charge in [-0.25, -0.2) is 0 Å². The van der Waals surface area contributed by atoms with E-state index >= 15 is 0 Å². The summed E-state index contributed by atoms with van der Waals surface area (Å²) in [6, 6.07) is 0. The van der Waals surface area contributed by atoms with E-state index in [1.54, 1.807) is 0 Å². The fourth-order valence-electron chi connectivity index (χ4n) is 2.47. The van der Waals surface area contributed by atoms with E-state index in [4.69, 9.17) is 4.74 Å². The van der Waals surface area contributed by atoms with E-state index in [9.17, 15) is 0 Å². The van der Waals surface area contributed by atoms with Gasteiger partial charge in [-0.15, -0.1) is 0 Å². The van der Waals surface area contributed by atoms with Crippen LogP contribution in [0.15, 0.2) is 28.9 Å². The van der Waals surface area contributed by atoms with Crippen LogP contribution >= 0.6 is 0 Å². The lowest BCUT2D eigenvalue weighted by atomic mass is 9.90. The highest BCUT2D eigenvalue weighted by Crippen LogP contribution is 2.29. The molecule has 18 heavy (non-hydrogen) atoms. The Bertz CT molecular complexity index is 293. The van der Waals surface area contributed by atoms with E-state index in [-0.39, 0.29) is 0 Å². The first-order valence-corrected chi connectivity index (χ1v) is 7.21. The van der Waals surface area contributed by atoms with Crippen LogP contribution in [0.2, 0.25) is 0 Å². The zero-order valence-electron chi connectivity index (χ0n) is 11.9. The van der Waals surface area contributed by atoms with Crippen LogP contribution in [-0.2, 0) is 4.74 Å². The Labute approximate surface area is 112 Å². The molecular weight excluding hydrogens is 222 g/mol. The van der Waals surface area contributed by atoms with Crippen molar-refractivity contribution in [2.24, 2.45) is 10.9 Å². The van der Waals surface area contributed by atoms with Gasteiger partial charge in [-0.2, -0.15) is 0 Å². The highest BCUT2D eigenvalue weighted by molar-refractivity contribution is 5.30. The molecule has 0 spiro atoms. The van der Waals surface area contributed by atoms with Gasteiger partial charge >= 0.3 is 0 Å². The van der Waals surface area contributed by atoms with E-state index in [0.29, 0.717) is 12.0 Å². The summed E-state index contributed by atoms with van der Waals surface area (Å²) in [7, 11) is 0. The minimum Gasteiger partial charge on any atom is -0.378 e. The minimum atomic E-state index is 0.426. The minimum absolute atomic E-state index is 0.426. The molecule has 1 rings (SSSR count). The predicted octanol–water partition coefficient (Wildman–Crippen LogP) is 4.52. The van der Waals surface area contributed by atoms with Gasteiger partial charge in [-0.3, -0.25) is 4.99 Å². The van der Waals surface area contributed by atoms with E-state index in [1.165, 1.54) is 19.3 Å². The number of aliphatic imine (C=N–C) groups is 1. The Balaban J connectivity index is 2.51. The third kappa shape index (κ3) is 5.18. The summed E-state index contributed by atoms with van der Waals surface area (Å²) in [5.41, 5.74) is 1.16. The third-order valence-electron chi connectivity index (χ3n) is 3.55. The Morgan fingerprint density at radius 3 is 3.00 bits per heavy atom. The molecular formula is C16H27NO. The number of unbranched alkanes of at least 4 members (excludes halogenated alkanes) is 1. The number of hydrogen-bond donors (Lipinski definition) is 0. The van der Waals surface area contributed by atoms with Gasteiger partial charge < -0.3 is 4.74 Å². The first kappa shape index (κ1) is 15.2. The average Bonchev–Trinajstić information content (AvgIpc) is 2.42. The molecule has 0 aromatic carbocycles. The Kier molecular flexibility index (Phi) is 7.66. The second-order valence-corrected chi connectivity index (χ2v) is 4.95. The van der Waals surface area contributed by atoms with Crippen LogP contribution in [0, 0.1) is 5.92 Å². The van der Waals surface area contributed by atoms with Crippen LogP contribution in [0.1, 0.15) is 52.4 Å². The van der Waals surface area contributed by atoms with Crippen LogP contribution in [0.25, 0.3) is 0 Å². The molecule has 0 bridgehead atoms. The number of allylic oxidation sites excluding steroid dienone is 4. The van der Waals surface area contributed by atoms with Gasteiger partial charge in [0.05, 0.1) is 6.10 Å². The van der Waals surface area contributed by atoms with E-state index in [1.807, 2.05) is 6.92 Å². The molecule has 102 valence electrons. The van der Waals surface area contributed by atoms with Crippen LogP contribution in [0.4, 0.5) is 0 Å². The highest BCUT2D eigenvalue weighted by Gasteiger charge is 2.24. The van der Waals surface area contributed by atoms with Crippen LogP contribution in [0.5, 0.6) is 0 Å².